The van der Waals surface area contributed by atoms with Gasteiger partial charge in [-0.15, -0.1) is 0 Å². The lowest BCUT2D eigenvalue weighted by Crippen LogP contribution is -2.13. The van der Waals surface area contributed by atoms with E-state index in [0.717, 1.165) is 5.56 Å². The summed E-state index contributed by atoms with van der Waals surface area (Å²) in [5, 5.41) is 12.3. The van der Waals surface area contributed by atoms with Gasteiger partial charge in [-0.25, -0.2) is 0 Å². The molecule has 0 aliphatic heterocycles. The van der Waals surface area contributed by atoms with Crippen LogP contribution in [-0.2, 0) is 11.4 Å². The van der Waals surface area contributed by atoms with Crippen LogP contribution in [0, 0.1) is 11.3 Å². The first-order valence-electron chi connectivity index (χ1n) is 9.82. The Balaban J connectivity index is 1.75. The van der Waals surface area contributed by atoms with Gasteiger partial charge < -0.3 is 14.8 Å². The molecule has 3 aromatic carbocycles. The minimum Gasteiger partial charge on any atom is -0.494 e. The molecule has 0 fully saturated rings. The first kappa shape index (κ1) is 23.6. The van der Waals surface area contributed by atoms with Gasteiger partial charge in [-0.2, -0.15) is 5.26 Å². The van der Waals surface area contributed by atoms with E-state index in [1.165, 1.54) is 6.08 Å². The standard InChI is InChI=1S/C25H20Br2N2O3/c1-2-31-21-10-6-9-20(14-21)29-25(30)19(15-28)11-18-12-22(26)24(23(27)13-18)32-16-17-7-4-3-5-8-17/h3-14H,2,16H2,1H3,(H,29,30)/b19-11+. The van der Waals surface area contributed by atoms with Crippen LogP contribution in [0.25, 0.3) is 6.08 Å². The molecule has 7 heteroatoms. The Morgan fingerprint density at radius 1 is 1.03 bits per heavy atom. The van der Waals surface area contributed by atoms with Crippen molar-refractivity contribution >= 4 is 49.5 Å². The van der Waals surface area contributed by atoms with Crippen LogP contribution in [-0.4, -0.2) is 12.5 Å². The second kappa shape index (κ2) is 11.5. The predicted octanol–water partition coefficient (Wildman–Crippen LogP) is 6.73. The highest BCUT2D eigenvalue weighted by Crippen LogP contribution is 2.36. The summed E-state index contributed by atoms with van der Waals surface area (Å²) in [5.41, 5.74) is 2.25. The summed E-state index contributed by atoms with van der Waals surface area (Å²) in [6.45, 7) is 2.82. The van der Waals surface area contributed by atoms with Crippen LogP contribution in [0.1, 0.15) is 18.1 Å². The Morgan fingerprint density at radius 3 is 2.41 bits per heavy atom. The lowest BCUT2D eigenvalue weighted by atomic mass is 10.1. The Bertz CT molecular complexity index is 1150. The predicted molar refractivity (Wildman–Crippen MR) is 132 cm³/mol. The van der Waals surface area contributed by atoms with E-state index in [0.29, 0.717) is 44.9 Å². The van der Waals surface area contributed by atoms with Gasteiger partial charge in [-0.3, -0.25) is 4.79 Å². The molecule has 0 bridgehead atoms. The smallest absolute Gasteiger partial charge is 0.266 e. The van der Waals surface area contributed by atoms with Crippen molar-refractivity contribution in [1.82, 2.24) is 0 Å². The van der Waals surface area contributed by atoms with E-state index in [2.05, 4.69) is 37.2 Å². The molecule has 162 valence electrons. The van der Waals surface area contributed by atoms with E-state index < -0.39 is 5.91 Å². The Labute approximate surface area is 203 Å². The zero-order chi connectivity index (χ0) is 22.9. The number of carbonyl (C=O) groups is 1. The molecule has 0 saturated carbocycles. The largest absolute Gasteiger partial charge is 0.494 e. The van der Waals surface area contributed by atoms with Crippen molar-refractivity contribution in [1.29, 1.82) is 5.26 Å². The van der Waals surface area contributed by atoms with Gasteiger partial charge in [-0.1, -0.05) is 36.4 Å². The molecule has 0 saturated heterocycles. The summed E-state index contributed by atoms with van der Waals surface area (Å²) >= 11 is 7.03. The van der Waals surface area contributed by atoms with Crippen molar-refractivity contribution in [2.24, 2.45) is 0 Å². The van der Waals surface area contributed by atoms with Crippen LogP contribution in [0.4, 0.5) is 5.69 Å². The molecule has 0 aliphatic carbocycles. The van der Waals surface area contributed by atoms with E-state index in [-0.39, 0.29) is 5.57 Å². The van der Waals surface area contributed by atoms with E-state index in [1.54, 1.807) is 36.4 Å². The van der Waals surface area contributed by atoms with Gasteiger partial charge in [0, 0.05) is 11.8 Å². The highest BCUT2D eigenvalue weighted by Gasteiger charge is 2.13. The van der Waals surface area contributed by atoms with Crippen molar-refractivity contribution in [3.8, 4) is 17.6 Å². The molecule has 1 N–H and O–H groups in total. The van der Waals surface area contributed by atoms with Crippen LogP contribution in [0.15, 0.2) is 81.2 Å². The zero-order valence-electron chi connectivity index (χ0n) is 17.3. The van der Waals surface area contributed by atoms with Gasteiger partial charge in [0.2, 0.25) is 0 Å². The maximum Gasteiger partial charge on any atom is 0.266 e. The second-order valence-electron chi connectivity index (χ2n) is 6.67. The molecule has 0 spiro atoms. The van der Waals surface area contributed by atoms with Gasteiger partial charge in [0.05, 0.1) is 15.6 Å². The van der Waals surface area contributed by atoms with E-state index >= 15 is 0 Å². The Hall–Kier alpha value is -3.08. The van der Waals surface area contributed by atoms with E-state index in [1.807, 2.05) is 43.3 Å². The quantitative estimate of drug-likeness (QED) is 0.247. The average molecular weight is 556 g/mol. The normalized spacial score (nSPS) is 10.9. The molecule has 3 rings (SSSR count). The summed E-state index contributed by atoms with van der Waals surface area (Å²) in [5.74, 6) is 0.784. The van der Waals surface area contributed by atoms with Crippen molar-refractivity contribution in [2.75, 3.05) is 11.9 Å². The van der Waals surface area contributed by atoms with Gasteiger partial charge >= 0.3 is 0 Å². The summed E-state index contributed by atoms with van der Waals surface area (Å²) in [6, 6.07) is 22.4. The average Bonchev–Trinajstić information content (AvgIpc) is 2.78. The fraction of sp³-hybridized carbons (Fsp3) is 0.120. The van der Waals surface area contributed by atoms with Crippen LogP contribution in [0.2, 0.25) is 0 Å². The number of anilines is 1. The Morgan fingerprint density at radius 2 is 1.75 bits per heavy atom. The fourth-order valence-corrected chi connectivity index (χ4v) is 4.33. The number of nitrogens with one attached hydrogen (secondary N) is 1. The van der Waals surface area contributed by atoms with E-state index in [4.69, 9.17) is 9.47 Å². The second-order valence-corrected chi connectivity index (χ2v) is 8.38. The molecule has 5 nitrogen and oxygen atoms in total. The first-order valence-corrected chi connectivity index (χ1v) is 11.4. The highest BCUT2D eigenvalue weighted by molar-refractivity contribution is 9.11. The lowest BCUT2D eigenvalue weighted by Gasteiger charge is -2.12. The highest BCUT2D eigenvalue weighted by atomic mass is 79.9. The fourth-order valence-electron chi connectivity index (χ4n) is 2.87. The van der Waals surface area contributed by atoms with Crippen LogP contribution in [0.3, 0.4) is 0 Å². The molecule has 0 atom stereocenters. The first-order chi connectivity index (χ1) is 15.5. The molecule has 1 amide bonds. The number of ether oxygens (including phenoxy) is 2. The van der Waals surface area contributed by atoms with Crippen molar-refractivity contribution in [3.63, 3.8) is 0 Å². The molecule has 32 heavy (non-hydrogen) atoms. The van der Waals surface area contributed by atoms with Gasteiger partial charge in [0.15, 0.2) is 0 Å². The third kappa shape index (κ3) is 6.46. The van der Waals surface area contributed by atoms with Gasteiger partial charge in [0.1, 0.15) is 29.7 Å². The summed E-state index contributed by atoms with van der Waals surface area (Å²) in [7, 11) is 0. The number of halogens is 2. The van der Waals surface area contributed by atoms with Gasteiger partial charge in [-0.05, 0) is 80.3 Å². The molecule has 0 radical (unpaired) electrons. The third-order valence-corrected chi connectivity index (χ3v) is 5.50. The minimum absolute atomic E-state index is 0.0245. The topological polar surface area (TPSA) is 71.3 Å². The third-order valence-electron chi connectivity index (χ3n) is 4.33. The maximum absolute atomic E-state index is 12.6. The number of nitriles is 1. The molecular formula is C25H20Br2N2O3. The summed E-state index contributed by atoms with van der Waals surface area (Å²) < 4.78 is 12.8. The molecule has 0 aliphatic rings. The molecule has 0 heterocycles. The van der Waals surface area contributed by atoms with Crippen LogP contribution >= 0.6 is 31.9 Å². The number of amides is 1. The number of carbonyl (C=O) groups excluding carboxylic acids is 1. The van der Waals surface area contributed by atoms with Gasteiger partial charge in [0.25, 0.3) is 5.91 Å². The van der Waals surface area contributed by atoms with Crippen molar-refractivity contribution in [2.45, 2.75) is 13.5 Å². The van der Waals surface area contributed by atoms with Crippen LogP contribution < -0.4 is 14.8 Å². The molecule has 0 aromatic heterocycles. The number of hydrogen-bond acceptors (Lipinski definition) is 4. The molecule has 3 aromatic rings. The Kier molecular flexibility index (Phi) is 8.48. The monoisotopic (exact) mass is 554 g/mol. The van der Waals surface area contributed by atoms with Crippen LogP contribution in [0.5, 0.6) is 11.5 Å². The minimum atomic E-state index is -0.502. The maximum atomic E-state index is 12.6. The number of hydrogen-bond donors (Lipinski definition) is 1. The molecular weight excluding hydrogens is 536 g/mol. The van der Waals surface area contributed by atoms with Crippen molar-refractivity contribution in [3.05, 3.63) is 92.4 Å². The lowest BCUT2D eigenvalue weighted by molar-refractivity contribution is -0.112. The number of rotatable bonds is 8. The SMILES string of the molecule is CCOc1cccc(NC(=O)/C(C#N)=C/c2cc(Br)c(OCc3ccccc3)c(Br)c2)c1. The number of nitrogens with zero attached hydrogens (tertiary/aromatic N) is 1. The van der Waals surface area contributed by atoms with E-state index in [9.17, 15) is 10.1 Å². The molecule has 0 unspecified atom stereocenters. The van der Waals surface area contributed by atoms with Crippen molar-refractivity contribution < 1.29 is 14.3 Å². The zero-order valence-corrected chi connectivity index (χ0v) is 20.4. The summed E-state index contributed by atoms with van der Waals surface area (Å²) in [4.78, 5) is 12.6. The number of benzene rings is 3. The summed E-state index contributed by atoms with van der Waals surface area (Å²) in [6.07, 6.45) is 1.53.